The van der Waals surface area contributed by atoms with Crippen LogP contribution in [-0.4, -0.2) is 13.1 Å². The molecule has 72 valence electrons. The first-order valence-corrected chi connectivity index (χ1v) is 5.11. The number of hydrogen-bond donors (Lipinski definition) is 1. The molecule has 1 unspecified atom stereocenters. The molecule has 1 aliphatic carbocycles. The summed E-state index contributed by atoms with van der Waals surface area (Å²) >= 11 is 0. The summed E-state index contributed by atoms with van der Waals surface area (Å²) in [5.41, 5.74) is 0. The van der Waals surface area contributed by atoms with Crippen LogP contribution < -0.4 is 5.06 Å². The molecule has 0 radical (unpaired) electrons. The van der Waals surface area contributed by atoms with Crippen molar-refractivity contribution in [1.29, 1.82) is 0 Å². The zero-order valence-corrected chi connectivity index (χ0v) is 8.47. The van der Waals surface area contributed by atoms with E-state index in [-0.39, 0.29) is 0 Å². The van der Waals surface area contributed by atoms with Crippen molar-refractivity contribution in [2.45, 2.75) is 45.6 Å². The van der Waals surface area contributed by atoms with Gasteiger partial charge in [-0.15, -0.1) is 0 Å². The highest BCUT2D eigenvalue weighted by atomic mass is 16.5. The monoisotopic (exact) mass is 171 g/mol. The van der Waals surface area contributed by atoms with Gasteiger partial charge in [-0.1, -0.05) is 13.8 Å². The molecule has 0 aromatic rings. The Morgan fingerprint density at radius 2 is 1.67 bits per heavy atom. The van der Waals surface area contributed by atoms with Gasteiger partial charge in [-0.05, 0) is 37.5 Å². The summed E-state index contributed by atoms with van der Waals surface area (Å²) < 4.78 is 0. The number of quaternary nitrogens is 1. The predicted octanol–water partition coefficient (Wildman–Crippen LogP) is 1.21. The molecule has 1 N–H and O–H groups in total. The van der Waals surface area contributed by atoms with Crippen molar-refractivity contribution < 1.29 is 5.06 Å². The first-order valence-electron chi connectivity index (χ1n) is 5.11. The second kappa shape index (κ2) is 4.24. The number of nitrogens with one attached hydrogen (secondary N) is 1. The average Bonchev–Trinajstić information content (AvgIpc) is 2.04. The lowest BCUT2D eigenvalue weighted by Crippen LogP contribution is -3.08. The van der Waals surface area contributed by atoms with E-state index in [9.17, 15) is 5.21 Å². The molecule has 0 amide bonds. The Morgan fingerprint density at radius 1 is 1.17 bits per heavy atom. The van der Waals surface area contributed by atoms with Gasteiger partial charge in [0, 0.05) is 0 Å². The zero-order valence-electron chi connectivity index (χ0n) is 8.47. The highest BCUT2D eigenvalue weighted by Gasteiger charge is 2.25. The molecule has 0 aromatic heterocycles. The maximum Gasteiger partial charge on any atom is 0.0870 e. The van der Waals surface area contributed by atoms with Crippen LogP contribution in [0.4, 0.5) is 0 Å². The maximum atomic E-state index is 11.1. The quantitative estimate of drug-likeness (QED) is 0.621. The summed E-state index contributed by atoms with van der Waals surface area (Å²) in [4.78, 5) is 0. The van der Waals surface area contributed by atoms with E-state index in [1.807, 2.05) is 0 Å². The first kappa shape index (κ1) is 10.0. The molecule has 0 heterocycles. The van der Waals surface area contributed by atoms with Crippen LogP contribution >= 0.6 is 0 Å². The fraction of sp³-hybridized carbons (Fsp3) is 1.00. The van der Waals surface area contributed by atoms with Crippen molar-refractivity contribution in [1.82, 2.24) is 0 Å². The molecule has 0 aliphatic heterocycles. The van der Waals surface area contributed by atoms with Gasteiger partial charge in [0.05, 0.1) is 13.1 Å². The summed E-state index contributed by atoms with van der Waals surface area (Å²) in [6.45, 7) is 4.58. The molecular formula is C10H21NO. The van der Waals surface area contributed by atoms with E-state index in [0.717, 1.165) is 24.7 Å². The molecule has 12 heavy (non-hydrogen) atoms. The normalized spacial score (nSPS) is 33.8. The van der Waals surface area contributed by atoms with E-state index in [1.54, 1.807) is 7.05 Å². The van der Waals surface area contributed by atoms with Crippen LogP contribution in [-0.2, 0) is 0 Å². The van der Waals surface area contributed by atoms with E-state index >= 15 is 0 Å². The summed E-state index contributed by atoms with van der Waals surface area (Å²) in [5.74, 6) is 1.68. The van der Waals surface area contributed by atoms with Gasteiger partial charge in [0.25, 0.3) is 0 Å². The molecule has 1 rings (SSSR count). The Bertz CT molecular complexity index is 110. The molecule has 0 bridgehead atoms. The molecule has 0 aromatic carbocycles. The average molecular weight is 171 g/mol. The zero-order chi connectivity index (χ0) is 9.14. The maximum absolute atomic E-state index is 11.1. The van der Waals surface area contributed by atoms with Crippen LogP contribution in [0, 0.1) is 17.0 Å². The smallest absolute Gasteiger partial charge is 0.0870 e. The van der Waals surface area contributed by atoms with Crippen LogP contribution in [0.1, 0.15) is 39.5 Å². The molecule has 2 heteroatoms. The van der Waals surface area contributed by atoms with Gasteiger partial charge in [0.1, 0.15) is 0 Å². The molecule has 0 saturated heterocycles. The second-order valence-corrected chi connectivity index (χ2v) is 4.47. The summed E-state index contributed by atoms with van der Waals surface area (Å²) in [6.07, 6.45) is 4.81. The number of hydrogen-bond acceptors (Lipinski definition) is 1. The third kappa shape index (κ3) is 2.46. The van der Waals surface area contributed by atoms with Crippen LogP contribution in [0.25, 0.3) is 0 Å². The molecule has 2 nitrogen and oxygen atoms in total. The summed E-state index contributed by atoms with van der Waals surface area (Å²) in [7, 11) is 1.74. The van der Waals surface area contributed by atoms with Crippen LogP contribution in [0.3, 0.4) is 0 Å². The lowest BCUT2D eigenvalue weighted by Gasteiger charge is -2.35. The van der Waals surface area contributed by atoms with Crippen molar-refractivity contribution in [2.75, 3.05) is 7.05 Å². The van der Waals surface area contributed by atoms with Gasteiger partial charge in [0.2, 0.25) is 0 Å². The molecule has 1 fully saturated rings. The minimum absolute atomic E-state index is 0.389. The second-order valence-electron chi connectivity index (χ2n) is 4.47. The summed E-state index contributed by atoms with van der Waals surface area (Å²) in [5, 5.41) is 11.5. The summed E-state index contributed by atoms with van der Waals surface area (Å²) in [6, 6.07) is 0.389. The topological polar surface area (TPSA) is 27.5 Å². The molecule has 0 spiro atoms. The third-order valence-electron chi connectivity index (χ3n) is 3.29. The SMILES string of the molecule is CC(C)C1CCC([NH+](C)[O-])CC1. The highest BCUT2D eigenvalue weighted by molar-refractivity contribution is 4.73. The first-order chi connectivity index (χ1) is 5.61. The molecule has 1 atom stereocenters. The Balaban J connectivity index is 2.30. The highest BCUT2D eigenvalue weighted by Crippen LogP contribution is 2.28. The van der Waals surface area contributed by atoms with Crippen LogP contribution in [0.2, 0.25) is 0 Å². The van der Waals surface area contributed by atoms with Crippen molar-refractivity contribution in [3.63, 3.8) is 0 Å². The van der Waals surface area contributed by atoms with E-state index in [4.69, 9.17) is 0 Å². The van der Waals surface area contributed by atoms with Crippen molar-refractivity contribution in [3.8, 4) is 0 Å². The fourth-order valence-corrected chi connectivity index (χ4v) is 2.19. The Kier molecular flexibility index (Phi) is 3.53. The van der Waals surface area contributed by atoms with Gasteiger partial charge < -0.3 is 10.3 Å². The number of rotatable bonds is 2. The van der Waals surface area contributed by atoms with Crippen LogP contribution in [0.15, 0.2) is 0 Å². The lowest BCUT2D eigenvalue weighted by atomic mass is 9.80. The molecule has 1 aliphatic rings. The minimum atomic E-state index is 0.389. The van der Waals surface area contributed by atoms with E-state index in [0.29, 0.717) is 11.1 Å². The van der Waals surface area contributed by atoms with Crippen molar-refractivity contribution in [2.24, 2.45) is 11.8 Å². The third-order valence-corrected chi connectivity index (χ3v) is 3.29. The largest absolute Gasteiger partial charge is 0.634 e. The van der Waals surface area contributed by atoms with Gasteiger partial charge in [-0.2, -0.15) is 0 Å². The van der Waals surface area contributed by atoms with Gasteiger partial charge in [-0.25, -0.2) is 0 Å². The van der Waals surface area contributed by atoms with E-state index in [1.165, 1.54) is 12.8 Å². The molecule has 1 saturated carbocycles. The van der Waals surface area contributed by atoms with Crippen LogP contribution in [0.5, 0.6) is 0 Å². The van der Waals surface area contributed by atoms with Gasteiger partial charge >= 0.3 is 0 Å². The Hall–Kier alpha value is -0.0800. The molecular weight excluding hydrogens is 150 g/mol. The Labute approximate surface area is 75.5 Å². The van der Waals surface area contributed by atoms with E-state index < -0.39 is 0 Å². The standard InChI is InChI=1S/C10H21NO/c1-8(2)9-4-6-10(7-5-9)11(3)12/h8-11H,4-7H2,1-3H3. The predicted molar refractivity (Wildman–Crippen MR) is 50.8 cm³/mol. The van der Waals surface area contributed by atoms with Gasteiger partial charge in [-0.3, -0.25) is 0 Å². The van der Waals surface area contributed by atoms with Gasteiger partial charge in [0.15, 0.2) is 0 Å². The lowest BCUT2D eigenvalue weighted by molar-refractivity contribution is -0.856. The van der Waals surface area contributed by atoms with Crippen molar-refractivity contribution in [3.05, 3.63) is 5.21 Å². The van der Waals surface area contributed by atoms with Crippen molar-refractivity contribution >= 4 is 0 Å². The Morgan fingerprint density at radius 3 is 2.00 bits per heavy atom. The minimum Gasteiger partial charge on any atom is -0.634 e. The number of hydroxylamine groups is 2. The fourth-order valence-electron chi connectivity index (χ4n) is 2.19. The van der Waals surface area contributed by atoms with E-state index in [2.05, 4.69) is 13.8 Å².